The quantitative estimate of drug-likeness (QED) is 0.724. The summed E-state index contributed by atoms with van der Waals surface area (Å²) in [6, 6.07) is 8.90. The summed E-state index contributed by atoms with van der Waals surface area (Å²) in [5.74, 6) is 0. The number of halogens is 1. The molecule has 0 fully saturated rings. The van der Waals surface area contributed by atoms with E-state index in [2.05, 4.69) is 0 Å². The van der Waals surface area contributed by atoms with Crippen LogP contribution in [0, 0.1) is 0 Å². The van der Waals surface area contributed by atoms with Crippen LogP contribution >= 0.6 is 11.6 Å². The zero-order valence-electron chi connectivity index (χ0n) is 8.50. The van der Waals surface area contributed by atoms with Gasteiger partial charge in [0.1, 0.15) is 0 Å². The lowest BCUT2D eigenvalue weighted by Crippen LogP contribution is -2.19. The van der Waals surface area contributed by atoms with Gasteiger partial charge in [-0.1, -0.05) is 23.7 Å². The number of benzene rings is 1. The highest BCUT2D eigenvalue weighted by molar-refractivity contribution is 6.44. The fraction of sp³-hybridized carbons (Fsp3) is 0.400. The van der Waals surface area contributed by atoms with E-state index in [4.69, 9.17) is 20.5 Å². The molecule has 0 spiro atoms. The average Bonchev–Trinajstić information content (AvgIpc) is 2.22. The Morgan fingerprint density at radius 1 is 1.14 bits per heavy atom. The monoisotopic (exact) mass is 230 g/mol. The van der Waals surface area contributed by atoms with Crippen molar-refractivity contribution in [2.24, 2.45) is 0 Å². The number of hydrogen-bond donors (Lipinski definition) is 0. The van der Waals surface area contributed by atoms with E-state index in [1.54, 1.807) is 14.2 Å². The molecule has 0 aliphatic carbocycles. The van der Waals surface area contributed by atoms with Gasteiger partial charge >= 0.3 is 9.28 Å². The van der Waals surface area contributed by atoms with Crippen LogP contribution < -0.4 is 0 Å². The van der Waals surface area contributed by atoms with Crippen molar-refractivity contribution in [1.29, 1.82) is 0 Å². The molecule has 14 heavy (non-hydrogen) atoms. The van der Waals surface area contributed by atoms with Crippen molar-refractivity contribution in [3.8, 4) is 0 Å². The molecule has 0 saturated carbocycles. The molecule has 4 heteroatoms. The predicted molar refractivity (Wildman–Crippen MR) is 61.1 cm³/mol. The SMILES string of the molecule is CO[SiH](CCc1ccc(Cl)cc1)OC. The minimum atomic E-state index is -1.41. The van der Waals surface area contributed by atoms with E-state index in [1.165, 1.54) is 5.56 Å². The zero-order valence-corrected chi connectivity index (χ0v) is 10.4. The third kappa shape index (κ3) is 3.80. The third-order valence-electron chi connectivity index (χ3n) is 2.11. The Morgan fingerprint density at radius 2 is 1.71 bits per heavy atom. The van der Waals surface area contributed by atoms with Gasteiger partial charge < -0.3 is 8.85 Å². The molecule has 1 aromatic carbocycles. The van der Waals surface area contributed by atoms with Gasteiger partial charge in [0.15, 0.2) is 0 Å². The molecule has 0 radical (unpaired) electrons. The second-order valence-electron chi connectivity index (χ2n) is 3.07. The molecule has 0 atom stereocenters. The molecule has 1 aromatic rings. The first kappa shape index (κ1) is 11.7. The Morgan fingerprint density at radius 3 is 2.21 bits per heavy atom. The summed E-state index contributed by atoms with van der Waals surface area (Å²) in [6.07, 6.45) is 0.996. The summed E-state index contributed by atoms with van der Waals surface area (Å²) < 4.78 is 10.5. The molecule has 0 aliphatic heterocycles. The first-order chi connectivity index (χ1) is 6.76. The molecular formula is C10H15ClO2Si. The van der Waals surface area contributed by atoms with Crippen LogP contribution in [0.15, 0.2) is 24.3 Å². The molecule has 78 valence electrons. The number of rotatable bonds is 5. The van der Waals surface area contributed by atoms with E-state index in [1.807, 2.05) is 24.3 Å². The van der Waals surface area contributed by atoms with E-state index in [9.17, 15) is 0 Å². The highest BCUT2D eigenvalue weighted by Gasteiger charge is 2.08. The molecule has 0 amide bonds. The minimum Gasteiger partial charge on any atom is -0.400 e. The molecule has 0 N–H and O–H groups in total. The summed E-state index contributed by atoms with van der Waals surface area (Å²) in [5, 5.41) is 0.779. The summed E-state index contributed by atoms with van der Waals surface area (Å²) >= 11 is 5.79. The smallest absolute Gasteiger partial charge is 0.321 e. The van der Waals surface area contributed by atoms with Crippen LogP contribution in [-0.2, 0) is 15.3 Å². The van der Waals surface area contributed by atoms with Crippen molar-refractivity contribution in [2.45, 2.75) is 12.5 Å². The van der Waals surface area contributed by atoms with Gasteiger partial charge in [-0.15, -0.1) is 0 Å². The fourth-order valence-electron chi connectivity index (χ4n) is 1.27. The van der Waals surface area contributed by atoms with Gasteiger partial charge in [0.2, 0.25) is 0 Å². The normalized spacial score (nSPS) is 10.9. The van der Waals surface area contributed by atoms with Crippen molar-refractivity contribution in [3.63, 3.8) is 0 Å². The average molecular weight is 231 g/mol. The maximum Gasteiger partial charge on any atom is 0.321 e. The molecular weight excluding hydrogens is 216 g/mol. The van der Waals surface area contributed by atoms with E-state index in [0.717, 1.165) is 17.5 Å². The van der Waals surface area contributed by atoms with Crippen molar-refractivity contribution < 1.29 is 8.85 Å². The number of hydrogen-bond acceptors (Lipinski definition) is 2. The first-order valence-corrected chi connectivity index (χ1v) is 6.70. The molecule has 0 aromatic heterocycles. The van der Waals surface area contributed by atoms with Crippen LogP contribution in [0.2, 0.25) is 11.1 Å². The molecule has 0 aliphatic rings. The summed E-state index contributed by atoms with van der Waals surface area (Å²) in [4.78, 5) is 0. The van der Waals surface area contributed by atoms with E-state index < -0.39 is 9.28 Å². The van der Waals surface area contributed by atoms with Gasteiger partial charge in [-0.3, -0.25) is 0 Å². The summed E-state index contributed by atoms with van der Waals surface area (Å²) in [5.41, 5.74) is 1.28. The van der Waals surface area contributed by atoms with Gasteiger partial charge in [0.05, 0.1) is 0 Å². The van der Waals surface area contributed by atoms with E-state index in [-0.39, 0.29) is 0 Å². The Kier molecular flexibility index (Phi) is 5.18. The molecule has 0 bridgehead atoms. The van der Waals surface area contributed by atoms with Gasteiger partial charge in [-0.05, 0) is 30.2 Å². The summed E-state index contributed by atoms with van der Waals surface area (Å²) in [7, 11) is 2.01. The van der Waals surface area contributed by atoms with Crippen LogP contribution in [-0.4, -0.2) is 23.5 Å². The first-order valence-electron chi connectivity index (χ1n) is 4.56. The molecule has 1 rings (SSSR count). The van der Waals surface area contributed by atoms with Crippen LogP contribution in [0.25, 0.3) is 0 Å². The zero-order chi connectivity index (χ0) is 10.4. The van der Waals surface area contributed by atoms with Crippen molar-refractivity contribution in [2.75, 3.05) is 14.2 Å². The largest absolute Gasteiger partial charge is 0.400 e. The van der Waals surface area contributed by atoms with Crippen molar-refractivity contribution in [1.82, 2.24) is 0 Å². The maximum absolute atomic E-state index is 5.79. The van der Waals surface area contributed by atoms with E-state index >= 15 is 0 Å². The Bertz CT molecular complexity index is 259. The van der Waals surface area contributed by atoms with Crippen molar-refractivity contribution in [3.05, 3.63) is 34.9 Å². The molecule has 2 nitrogen and oxygen atoms in total. The second-order valence-corrected chi connectivity index (χ2v) is 5.88. The van der Waals surface area contributed by atoms with E-state index in [0.29, 0.717) is 0 Å². The van der Waals surface area contributed by atoms with Crippen LogP contribution in [0.1, 0.15) is 5.56 Å². The van der Waals surface area contributed by atoms with Crippen LogP contribution in [0.5, 0.6) is 0 Å². The van der Waals surface area contributed by atoms with Crippen LogP contribution in [0.4, 0.5) is 0 Å². The van der Waals surface area contributed by atoms with Crippen LogP contribution in [0.3, 0.4) is 0 Å². The minimum absolute atomic E-state index is 0.779. The Balaban J connectivity index is 2.41. The van der Waals surface area contributed by atoms with Crippen molar-refractivity contribution >= 4 is 20.9 Å². The third-order valence-corrected chi connectivity index (χ3v) is 4.17. The molecule has 0 saturated heterocycles. The molecule has 0 unspecified atom stereocenters. The second kappa shape index (κ2) is 6.19. The summed E-state index contributed by atoms with van der Waals surface area (Å²) in [6.45, 7) is 0. The topological polar surface area (TPSA) is 18.5 Å². The maximum atomic E-state index is 5.79. The standard InChI is InChI=1S/C10H15ClO2Si/c1-12-14(13-2)8-7-9-3-5-10(11)6-4-9/h3-6,14H,7-8H2,1-2H3. The Labute approximate surface area is 91.6 Å². The fourth-order valence-corrected chi connectivity index (χ4v) is 2.63. The molecule has 0 heterocycles. The predicted octanol–water partition coefficient (Wildman–Crippen LogP) is 2.40. The highest BCUT2D eigenvalue weighted by Crippen LogP contribution is 2.12. The Hall–Kier alpha value is -0.353. The van der Waals surface area contributed by atoms with Gasteiger partial charge in [-0.25, -0.2) is 0 Å². The van der Waals surface area contributed by atoms with Gasteiger partial charge in [0.25, 0.3) is 0 Å². The van der Waals surface area contributed by atoms with Gasteiger partial charge in [-0.2, -0.15) is 0 Å². The lowest BCUT2D eigenvalue weighted by atomic mass is 10.2. The van der Waals surface area contributed by atoms with Gasteiger partial charge in [0, 0.05) is 19.2 Å². The highest BCUT2D eigenvalue weighted by atomic mass is 35.5. The lowest BCUT2D eigenvalue weighted by Gasteiger charge is -2.10. The number of aryl methyl sites for hydroxylation is 1. The lowest BCUT2D eigenvalue weighted by molar-refractivity contribution is 0.277.